The Balaban J connectivity index is 1.68. The molecule has 206 valence electrons. The molecule has 5 rings (SSSR count). The third kappa shape index (κ3) is 3.51. The first kappa shape index (κ1) is 26.8. The number of rotatable bonds is 7. The van der Waals surface area contributed by atoms with Gasteiger partial charge in [0.25, 0.3) is 17.4 Å². The molecule has 40 heavy (non-hydrogen) atoms. The van der Waals surface area contributed by atoms with Gasteiger partial charge < -0.3 is 24.6 Å². The van der Waals surface area contributed by atoms with E-state index in [0.29, 0.717) is 11.3 Å². The molecule has 0 bridgehead atoms. The molecule has 1 heterocycles. The number of hydrogen-bond donors (Lipinski definition) is 2. The van der Waals surface area contributed by atoms with Crippen LogP contribution in [0.25, 0.3) is 0 Å². The van der Waals surface area contributed by atoms with Gasteiger partial charge >= 0.3 is 0 Å². The van der Waals surface area contributed by atoms with Crippen molar-refractivity contribution in [1.82, 2.24) is 5.32 Å². The van der Waals surface area contributed by atoms with Crippen LogP contribution in [-0.4, -0.2) is 41.7 Å². The molecule has 1 aliphatic heterocycles. The number of benzene rings is 3. The van der Waals surface area contributed by atoms with E-state index >= 15 is 0 Å². The van der Waals surface area contributed by atoms with Crippen molar-refractivity contribution in [1.29, 1.82) is 0 Å². The van der Waals surface area contributed by atoms with Crippen LogP contribution in [-0.2, 0) is 16.1 Å². The minimum atomic E-state index is -2.70. The number of amides is 1. The van der Waals surface area contributed by atoms with E-state index in [4.69, 9.17) is 14.2 Å². The number of nitrogens with zero attached hydrogens (tertiary/aromatic N) is 1. The zero-order valence-electron chi connectivity index (χ0n) is 22.4. The van der Waals surface area contributed by atoms with Crippen LogP contribution in [0.5, 0.6) is 17.2 Å². The summed E-state index contributed by atoms with van der Waals surface area (Å²) in [6.07, 6.45) is 0. The molecule has 3 aromatic carbocycles. The van der Waals surface area contributed by atoms with E-state index in [1.165, 1.54) is 44.6 Å². The molecule has 2 unspecified atom stereocenters. The van der Waals surface area contributed by atoms with Gasteiger partial charge in [0.05, 0.1) is 19.1 Å². The van der Waals surface area contributed by atoms with E-state index in [1.54, 1.807) is 19.1 Å². The number of nitro benzene ring substituents is 1. The topological polar surface area (TPSA) is 154 Å². The lowest BCUT2D eigenvalue weighted by atomic mass is 9.81. The van der Waals surface area contributed by atoms with Gasteiger partial charge in [-0.15, -0.1) is 0 Å². The van der Waals surface area contributed by atoms with E-state index in [0.717, 1.165) is 11.6 Å². The van der Waals surface area contributed by atoms with E-state index in [1.807, 2.05) is 13.8 Å². The van der Waals surface area contributed by atoms with Gasteiger partial charge in [0.1, 0.15) is 11.3 Å². The number of ether oxygens (including phenoxy) is 3. The Kier molecular flexibility index (Phi) is 6.14. The Morgan fingerprint density at radius 1 is 1.10 bits per heavy atom. The van der Waals surface area contributed by atoms with Gasteiger partial charge in [-0.3, -0.25) is 24.5 Å². The van der Waals surface area contributed by atoms with Gasteiger partial charge in [-0.25, -0.2) is 0 Å². The fraction of sp³-hybridized carbons (Fsp3) is 0.276. The molecular weight excluding hydrogens is 520 g/mol. The lowest BCUT2D eigenvalue weighted by molar-refractivity contribution is -0.388. The van der Waals surface area contributed by atoms with Gasteiger partial charge in [-0.1, -0.05) is 38.1 Å². The molecule has 0 saturated heterocycles. The van der Waals surface area contributed by atoms with E-state index in [2.05, 4.69) is 5.32 Å². The second-order valence-corrected chi connectivity index (χ2v) is 10.0. The molecule has 2 N–H and O–H groups in total. The summed E-state index contributed by atoms with van der Waals surface area (Å²) in [7, 11) is 2.81. The summed E-state index contributed by atoms with van der Waals surface area (Å²) in [5.41, 5.74) is -2.21. The summed E-state index contributed by atoms with van der Waals surface area (Å²) >= 11 is 0. The SMILES string of the molecule is COc1cc(C(=O)C(=O)NC23C(=O)c4cccc([N+](=O)[O-])c4C2(O)Oc2cc(C(C)C)ccc23)cc(C)c1OC. The molecule has 11 nitrogen and oxygen atoms in total. The number of fused-ring (bicyclic) bond motifs is 5. The number of hydrogen-bond acceptors (Lipinski definition) is 9. The Hall–Kier alpha value is -4.77. The quantitative estimate of drug-likeness (QED) is 0.195. The van der Waals surface area contributed by atoms with Gasteiger partial charge in [0.2, 0.25) is 17.1 Å². The zero-order chi connectivity index (χ0) is 29.1. The largest absolute Gasteiger partial charge is 0.493 e. The van der Waals surface area contributed by atoms with Crippen molar-refractivity contribution < 1.29 is 38.6 Å². The first-order valence-electron chi connectivity index (χ1n) is 12.4. The maximum absolute atomic E-state index is 14.1. The zero-order valence-corrected chi connectivity index (χ0v) is 22.4. The molecule has 11 heteroatoms. The van der Waals surface area contributed by atoms with E-state index < -0.39 is 45.0 Å². The third-order valence-corrected chi connectivity index (χ3v) is 7.44. The lowest BCUT2D eigenvalue weighted by Crippen LogP contribution is -2.61. The predicted molar refractivity (Wildman–Crippen MR) is 141 cm³/mol. The van der Waals surface area contributed by atoms with Crippen LogP contribution in [0.4, 0.5) is 5.69 Å². The highest BCUT2D eigenvalue weighted by atomic mass is 16.6. The van der Waals surface area contributed by atoms with Gasteiger partial charge in [-0.2, -0.15) is 0 Å². The maximum Gasteiger partial charge on any atom is 0.293 e. The normalized spacial score (nSPS) is 20.3. The highest BCUT2D eigenvalue weighted by molar-refractivity contribution is 6.43. The fourth-order valence-corrected chi connectivity index (χ4v) is 5.52. The summed E-state index contributed by atoms with van der Waals surface area (Å²) in [6, 6.07) is 11.3. The van der Waals surface area contributed by atoms with Crippen molar-refractivity contribution in [3.8, 4) is 17.2 Å². The van der Waals surface area contributed by atoms with Crippen molar-refractivity contribution in [2.45, 2.75) is 38.0 Å². The van der Waals surface area contributed by atoms with Crippen molar-refractivity contribution in [2.24, 2.45) is 0 Å². The van der Waals surface area contributed by atoms with Crippen molar-refractivity contribution in [2.75, 3.05) is 14.2 Å². The molecule has 3 aromatic rings. The Morgan fingerprint density at radius 2 is 1.82 bits per heavy atom. The molecule has 2 atom stereocenters. The number of aryl methyl sites for hydroxylation is 1. The average Bonchev–Trinajstić information content (AvgIpc) is 3.28. The maximum atomic E-state index is 14.1. The monoisotopic (exact) mass is 546 g/mol. The molecule has 1 amide bonds. The molecule has 0 saturated carbocycles. The molecular formula is C29H26N2O9. The number of carbonyl (C=O) groups excluding carboxylic acids is 3. The molecule has 2 aliphatic rings. The summed E-state index contributed by atoms with van der Waals surface area (Å²) in [5, 5.41) is 26.5. The van der Waals surface area contributed by atoms with Crippen LogP contribution in [0, 0.1) is 17.0 Å². The Labute approximate surface area is 228 Å². The molecule has 0 fully saturated rings. The second kappa shape index (κ2) is 9.16. The minimum absolute atomic E-state index is 0.0433. The number of nitrogens with one attached hydrogen (secondary N) is 1. The van der Waals surface area contributed by atoms with Crippen LogP contribution in [0.3, 0.4) is 0 Å². The Morgan fingerprint density at radius 3 is 2.45 bits per heavy atom. The van der Waals surface area contributed by atoms with Crippen LogP contribution >= 0.6 is 0 Å². The Bertz CT molecular complexity index is 1630. The summed E-state index contributed by atoms with van der Waals surface area (Å²) < 4.78 is 16.5. The van der Waals surface area contributed by atoms with E-state index in [9.17, 15) is 29.6 Å². The molecule has 0 spiro atoms. The molecule has 0 aromatic heterocycles. The van der Waals surface area contributed by atoms with Crippen LogP contribution < -0.4 is 19.5 Å². The van der Waals surface area contributed by atoms with Crippen molar-refractivity contribution >= 4 is 23.2 Å². The standard InChI is InChI=1S/C29H26N2O9/c1-14(2)16-9-10-19-21(12-16)40-29(35)23-18(7-6-8-20(23)31(36)37)26(33)28(19,29)30-27(34)24(32)17-11-15(3)25(39-5)22(13-17)38-4/h6-14,35H,1-5H3,(H,30,34). The second-order valence-electron chi connectivity index (χ2n) is 10.0. The predicted octanol–water partition coefficient (Wildman–Crippen LogP) is 3.67. The van der Waals surface area contributed by atoms with E-state index in [-0.39, 0.29) is 34.1 Å². The molecule has 0 radical (unpaired) electrons. The van der Waals surface area contributed by atoms with Crippen LogP contribution in [0.15, 0.2) is 48.5 Å². The van der Waals surface area contributed by atoms with Crippen molar-refractivity contribution in [3.63, 3.8) is 0 Å². The van der Waals surface area contributed by atoms with Gasteiger partial charge in [0, 0.05) is 22.8 Å². The van der Waals surface area contributed by atoms with Gasteiger partial charge in [-0.05, 0) is 42.2 Å². The van der Waals surface area contributed by atoms with Crippen LogP contribution in [0.1, 0.15) is 62.7 Å². The summed E-state index contributed by atoms with van der Waals surface area (Å²) in [5.74, 6) is -5.14. The number of aliphatic hydroxyl groups is 1. The van der Waals surface area contributed by atoms with Crippen molar-refractivity contribution in [3.05, 3.63) is 92.0 Å². The number of ketones is 2. The number of nitro groups is 1. The summed E-state index contributed by atoms with van der Waals surface area (Å²) in [4.78, 5) is 52.2. The summed E-state index contributed by atoms with van der Waals surface area (Å²) in [6.45, 7) is 5.52. The number of Topliss-reactive ketones (excluding diaryl/α,β-unsaturated/α-hetero) is 2. The van der Waals surface area contributed by atoms with Crippen LogP contribution in [0.2, 0.25) is 0 Å². The highest BCUT2D eigenvalue weighted by Crippen LogP contribution is 2.60. The molecule has 1 aliphatic carbocycles. The average molecular weight is 547 g/mol. The fourth-order valence-electron chi connectivity index (χ4n) is 5.52. The number of carbonyl (C=O) groups is 3. The first-order chi connectivity index (χ1) is 18.9. The first-order valence-corrected chi connectivity index (χ1v) is 12.4. The minimum Gasteiger partial charge on any atom is -0.493 e. The van der Waals surface area contributed by atoms with Gasteiger partial charge in [0.15, 0.2) is 11.5 Å². The smallest absolute Gasteiger partial charge is 0.293 e. The third-order valence-electron chi connectivity index (χ3n) is 7.44. The lowest BCUT2D eigenvalue weighted by Gasteiger charge is -2.33. The number of methoxy groups -OCH3 is 2. The highest BCUT2D eigenvalue weighted by Gasteiger charge is 2.73.